The van der Waals surface area contributed by atoms with Crippen molar-refractivity contribution in [3.05, 3.63) is 41.0 Å². The smallest absolute Gasteiger partial charge is 0.108 e. The van der Waals surface area contributed by atoms with Gasteiger partial charge in [-0.3, -0.25) is 4.98 Å². The maximum Gasteiger partial charge on any atom is 0.108 e. The van der Waals surface area contributed by atoms with Crippen LogP contribution in [0.1, 0.15) is 22.6 Å². The summed E-state index contributed by atoms with van der Waals surface area (Å²) in [7, 11) is 0. The van der Waals surface area contributed by atoms with E-state index in [-0.39, 0.29) is 0 Å². The highest BCUT2D eigenvalue weighted by atomic mass is 32.1. The summed E-state index contributed by atoms with van der Waals surface area (Å²) in [6.45, 7) is 5.79. The van der Waals surface area contributed by atoms with Crippen LogP contribution in [0.2, 0.25) is 0 Å². The van der Waals surface area contributed by atoms with E-state index in [0.29, 0.717) is 4.99 Å². The SMILES string of the molecule is Cc1cc(-n2ccc(C)n2)c(C(N)=S)c(C)n1. The fraction of sp³-hybridized carbons (Fsp3) is 0.250. The molecule has 2 aromatic rings. The molecular formula is C12H14N4S. The highest BCUT2D eigenvalue weighted by molar-refractivity contribution is 7.80. The minimum absolute atomic E-state index is 0.346. The van der Waals surface area contributed by atoms with Gasteiger partial charge in [0.05, 0.1) is 16.9 Å². The van der Waals surface area contributed by atoms with Crippen molar-refractivity contribution in [3.8, 4) is 5.69 Å². The minimum Gasteiger partial charge on any atom is -0.389 e. The number of aromatic nitrogens is 3. The van der Waals surface area contributed by atoms with Crippen molar-refractivity contribution in [3.63, 3.8) is 0 Å². The standard InChI is InChI=1S/C12H14N4S/c1-7-4-5-16(15-7)10-6-8(2)14-9(3)11(10)12(13)17/h4-6H,1-3H3,(H2,13,17). The van der Waals surface area contributed by atoms with Crippen LogP contribution in [-0.2, 0) is 0 Å². The Morgan fingerprint density at radius 1 is 1.29 bits per heavy atom. The summed E-state index contributed by atoms with van der Waals surface area (Å²) < 4.78 is 1.78. The molecule has 0 aliphatic rings. The van der Waals surface area contributed by atoms with E-state index in [1.165, 1.54) is 0 Å². The first-order chi connectivity index (χ1) is 7.99. The summed E-state index contributed by atoms with van der Waals surface area (Å²) in [5, 5.41) is 4.38. The summed E-state index contributed by atoms with van der Waals surface area (Å²) in [6, 6.07) is 3.88. The summed E-state index contributed by atoms with van der Waals surface area (Å²) in [4.78, 5) is 4.72. The van der Waals surface area contributed by atoms with Crippen molar-refractivity contribution in [1.82, 2.24) is 14.8 Å². The Balaban J connectivity index is 2.71. The first-order valence-corrected chi connectivity index (χ1v) is 5.70. The van der Waals surface area contributed by atoms with Gasteiger partial charge in [-0.1, -0.05) is 12.2 Å². The van der Waals surface area contributed by atoms with E-state index in [0.717, 1.165) is 28.3 Å². The molecule has 2 heterocycles. The molecule has 2 N–H and O–H groups in total. The zero-order valence-corrected chi connectivity index (χ0v) is 10.9. The van der Waals surface area contributed by atoms with Crippen molar-refractivity contribution < 1.29 is 0 Å². The van der Waals surface area contributed by atoms with E-state index >= 15 is 0 Å². The van der Waals surface area contributed by atoms with E-state index in [1.807, 2.05) is 39.1 Å². The van der Waals surface area contributed by atoms with Gasteiger partial charge < -0.3 is 5.73 Å². The van der Waals surface area contributed by atoms with Gasteiger partial charge in [0.1, 0.15) is 4.99 Å². The molecule has 17 heavy (non-hydrogen) atoms. The van der Waals surface area contributed by atoms with Gasteiger partial charge in [0.2, 0.25) is 0 Å². The molecule has 5 heteroatoms. The second-order valence-corrected chi connectivity index (χ2v) is 4.45. The van der Waals surface area contributed by atoms with Crippen LogP contribution in [0, 0.1) is 20.8 Å². The summed E-state index contributed by atoms with van der Waals surface area (Å²) in [5.74, 6) is 0. The molecular weight excluding hydrogens is 232 g/mol. The molecule has 0 fully saturated rings. The lowest BCUT2D eigenvalue weighted by atomic mass is 10.1. The second-order valence-electron chi connectivity index (χ2n) is 4.01. The monoisotopic (exact) mass is 246 g/mol. The third-order valence-electron chi connectivity index (χ3n) is 2.52. The number of aryl methyl sites for hydroxylation is 3. The fourth-order valence-corrected chi connectivity index (χ4v) is 2.09. The Morgan fingerprint density at radius 2 is 2.00 bits per heavy atom. The zero-order chi connectivity index (χ0) is 12.6. The number of thiocarbonyl (C=S) groups is 1. The maximum absolute atomic E-state index is 5.76. The lowest BCUT2D eigenvalue weighted by molar-refractivity contribution is 0.852. The van der Waals surface area contributed by atoms with Crippen LogP contribution in [0.4, 0.5) is 0 Å². The molecule has 0 aliphatic heterocycles. The van der Waals surface area contributed by atoms with Gasteiger partial charge in [0.15, 0.2) is 0 Å². The van der Waals surface area contributed by atoms with Gasteiger partial charge >= 0.3 is 0 Å². The van der Waals surface area contributed by atoms with Crippen LogP contribution in [0.15, 0.2) is 18.3 Å². The molecule has 2 rings (SSSR count). The number of pyridine rings is 1. The number of rotatable bonds is 2. The van der Waals surface area contributed by atoms with Crippen molar-refractivity contribution in [1.29, 1.82) is 0 Å². The van der Waals surface area contributed by atoms with E-state index < -0.39 is 0 Å². The Morgan fingerprint density at radius 3 is 2.53 bits per heavy atom. The molecule has 0 saturated heterocycles. The first-order valence-electron chi connectivity index (χ1n) is 5.29. The van der Waals surface area contributed by atoms with Gasteiger partial charge in [-0.15, -0.1) is 0 Å². The van der Waals surface area contributed by atoms with Crippen LogP contribution < -0.4 is 5.73 Å². The maximum atomic E-state index is 5.76. The Kier molecular flexibility index (Phi) is 2.93. The number of nitrogens with two attached hydrogens (primary N) is 1. The Labute approximate surface area is 105 Å². The number of hydrogen-bond donors (Lipinski definition) is 1. The highest BCUT2D eigenvalue weighted by Crippen LogP contribution is 2.18. The quantitative estimate of drug-likeness (QED) is 0.821. The molecule has 88 valence electrons. The zero-order valence-electron chi connectivity index (χ0n) is 10.1. The molecule has 0 atom stereocenters. The molecule has 0 saturated carbocycles. The summed E-state index contributed by atoms with van der Waals surface area (Å²) in [6.07, 6.45) is 1.89. The second kappa shape index (κ2) is 4.25. The Hall–Kier alpha value is -1.75. The summed E-state index contributed by atoms with van der Waals surface area (Å²) >= 11 is 5.08. The lowest BCUT2D eigenvalue weighted by Crippen LogP contribution is -2.17. The van der Waals surface area contributed by atoms with Crippen molar-refractivity contribution in [2.24, 2.45) is 5.73 Å². The molecule has 0 bridgehead atoms. The van der Waals surface area contributed by atoms with Crippen molar-refractivity contribution >= 4 is 17.2 Å². The molecule has 0 unspecified atom stereocenters. The van der Waals surface area contributed by atoms with Gasteiger partial charge in [0, 0.05) is 17.6 Å². The third-order valence-corrected chi connectivity index (χ3v) is 2.73. The number of hydrogen-bond acceptors (Lipinski definition) is 3. The first kappa shape index (κ1) is 11.7. The van der Waals surface area contributed by atoms with E-state index in [9.17, 15) is 0 Å². The third kappa shape index (κ3) is 2.19. The largest absolute Gasteiger partial charge is 0.389 e. The van der Waals surface area contributed by atoms with E-state index in [1.54, 1.807) is 4.68 Å². The minimum atomic E-state index is 0.346. The predicted octanol–water partition coefficient (Wildman–Crippen LogP) is 1.83. The molecule has 0 aromatic carbocycles. The molecule has 2 aromatic heterocycles. The van der Waals surface area contributed by atoms with Crippen molar-refractivity contribution in [2.75, 3.05) is 0 Å². The fourth-order valence-electron chi connectivity index (χ4n) is 1.84. The van der Waals surface area contributed by atoms with E-state index in [2.05, 4.69) is 10.1 Å². The van der Waals surface area contributed by atoms with Gasteiger partial charge in [-0.2, -0.15) is 5.10 Å². The van der Waals surface area contributed by atoms with Crippen LogP contribution in [-0.4, -0.2) is 19.8 Å². The molecule has 0 spiro atoms. The lowest BCUT2D eigenvalue weighted by Gasteiger charge is -2.12. The predicted molar refractivity (Wildman–Crippen MR) is 71.5 cm³/mol. The molecule has 0 aliphatic carbocycles. The van der Waals surface area contributed by atoms with E-state index in [4.69, 9.17) is 18.0 Å². The normalized spacial score (nSPS) is 10.5. The molecule has 4 nitrogen and oxygen atoms in total. The summed E-state index contributed by atoms with van der Waals surface area (Å²) in [5.41, 5.74) is 10.1. The van der Waals surface area contributed by atoms with Gasteiger partial charge in [-0.25, -0.2) is 4.68 Å². The highest BCUT2D eigenvalue weighted by Gasteiger charge is 2.13. The van der Waals surface area contributed by atoms with Crippen LogP contribution >= 0.6 is 12.2 Å². The average molecular weight is 246 g/mol. The topological polar surface area (TPSA) is 56.7 Å². The van der Waals surface area contributed by atoms with Gasteiger partial charge in [-0.05, 0) is 32.9 Å². The molecule has 0 amide bonds. The molecule has 0 radical (unpaired) electrons. The Bertz CT molecular complexity index is 586. The van der Waals surface area contributed by atoms with Crippen LogP contribution in [0.3, 0.4) is 0 Å². The van der Waals surface area contributed by atoms with Crippen molar-refractivity contribution in [2.45, 2.75) is 20.8 Å². The average Bonchev–Trinajstić information content (AvgIpc) is 2.62. The van der Waals surface area contributed by atoms with Crippen LogP contribution in [0.25, 0.3) is 5.69 Å². The van der Waals surface area contributed by atoms with Crippen LogP contribution in [0.5, 0.6) is 0 Å². The number of nitrogens with zero attached hydrogens (tertiary/aromatic N) is 3. The van der Waals surface area contributed by atoms with Gasteiger partial charge in [0.25, 0.3) is 0 Å².